The molecule has 22 heavy (non-hydrogen) atoms. The van der Waals surface area contributed by atoms with Crippen molar-refractivity contribution in [3.05, 3.63) is 65.5 Å². The summed E-state index contributed by atoms with van der Waals surface area (Å²) < 4.78 is 0. The Morgan fingerprint density at radius 1 is 1.14 bits per heavy atom. The molecule has 0 aliphatic heterocycles. The third-order valence-corrected chi connectivity index (χ3v) is 3.74. The van der Waals surface area contributed by atoms with Gasteiger partial charge in [-0.2, -0.15) is 0 Å². The third-order valence-electron chi connectivity index (χ3n) is 3.74. The highest BCUT2D eigenvalue weighted by Gasteiger charge is 2.17. The normalized spacial score (nSPS) is 12.9. The molecule has 0 fully saturated rings. The Morgan fingerprint density at radius 2 is 1.82 bits per heavy atom. The van der Waals surface area contributed by atoms with Gasteiger partial charge < -0.3 is 5.32 Å². The Hall–Kier alpha value is -2.00. The van der Waals surface area contributed by atoms with E-state index in [0.717, 1.165) is 11.3 Å². The van der Waals surface area contributed by atoms with Gasteiger partial charge in [-0.1, -0.05) is 51.1 Å². The molecule has 0 bridgehead atoms. The molecule has 0 spiro atoms. The molecule has 0 amide bonds. The SMILES string of the molecule is CC(NCc1ccccn1)C(=O)c1ccc(C(C)(C)C)cc1. The summed E-state index contributed by atoms with van der Waals surface area (Å²) in [6.07, 6.45) is 1.76. The molecule has 1 heterocycles. The van der Waals surface area contributed by atoms with E-state index in [9.17, 15) is 4.79 Å². The smallest absolute Gasteiger partial charge is 0.179 e. The number of carbonyl (C=O) groups excluding carboxylic acids is 1. The van der Waals surface area contributed by atoms with Gasteiger partial charge in [-0.05, 0) is 30.0 Å². The fraction of sp³-hybridized carbons (Fsp3) is 0.368. The molecule has 1 aromatic carbocycles. The van der Waals surface area contributed by atoms with Crippen molar-refractivity contribution in [3.8, 4) is 0 Å². The van der Waals surface area contributed by atoms with Gasteiger partial charge in [0, 0.05) is 18.3 Å². The second-order valence-corrected chi connectivity index (χ2v) is 6.62. The van der Waals surface area contributed by atoms with Crippen molar-refractivity contribution in [1.82, 2.24) is 10.3 Å². The van der Waals surface area contributed by atoms with E-state index >= 15 is 0 Å². The highest BCUT2D eigenvalue weighted by atomic mass is 16.1. The number of nitrogens with one attached hydrogen (secondary N) is 1. The monoisotopic (exact) mass is 296 g/mol. The molecule has 3 heteroatoms. The van der Waals surface area contributed by atoms with Crippen molar-refractivity contribution < 1.29 is 4.79 Å². The maximum absolute atomic E-state index is 12.4. The molecule has 0 saturated carbocycles. The lowest BCUT2D eigenvalue weighted by Crippen LogP contribution is -2.33. The number of hydrogen-bond donors (Lipinski definition) is 1. The summed E-state index contributed by atoms with van der Waals surface area (Å²) in [4.78, 5) is 16.7. The van der Waals surface area contributed by atoms with Crippen LogP contribution in [0.3, 0.4) is 0 Å². The average Bonchev–Trinajstić information content (AvgIpc) is 2.52. The van der Waals surface area contributed by atoms with Crippen molar-refractivity contribution in [1.29, 1.82) is 0 Å². The number of pyridine rings is 1. The topological polar surface area (TPSA) is 42.0 Å². The number of nitrogens with zero attached hydrogens (tertiary/aromatic N) is 1. The summed E-state index contributed by atoms with van der Waals surface area (Å²) in [5.41, 5.74) is 3.02. The molecule has 1 aromatic heterocycles. The van der Waals surface area contributed by atoms with Crippen LogP contribution < -0.4 is 5.32 Å². The molecule has 0 saturated heterocycles. The minimum atomic E-state index is -0.234. The number of benzene rings is 1. The fourth-order valence-electron chi connectivity index (χ4n) is 2.24. The van der Waals surface area contributed by atoms with Gasteiger partial charge in [-0.25, -0.2) is 0 Å². The van der Waals surface area contributed by atoms with Crippen molar-refractivity contribution in [2.45, 2.75) is 45.7 Å². The lowest BCUT2D eigenvalue weighted by atomic mass is 9.86. The van der Waals surface area contributed by atoms with Gasteiger partial charge in [0.05, 0.1) is 11.7 Å². The van der Waals surface area contributed by atoms with Gasteiger partial charge in [0.15, 0.2) is 5.78 Å². The fourth-order valence-corrected chi connectivity index (χ4v) is 2.24. The van der Waals surface area contributed by atoms with Crippen LogP contribution in [-0.2, 0) is 12.0 Å². The van der Waals surface area contributed by atoms with Crippen molar-refractivity contribution in [2.24, 2.45) is 0 Å². The molecule has 0 aliphatic rings. The summed E-state index contributed by atoms with van der Waals surface area (Å²) in [6.45, 7) is 8.99. The Morgan fingerprint density at radius 3 is 2.36 bits per heavy atom. The minimum absolute atomic E-state index is 0.102. The van der Waals surface area contributed by atoms with Gasteiger partial charge in [-0.3, -0.25) is 9.78 Å². The first-order valence-corrected chi connectivity index (χ1v) is 7.66. The predicted octanol–water partition coefficient (Wildman–Crippen LogP) is 3.74. The number of carbonyl (C=O) groups is 1. The van der Waals surface area contributed by atoms with Crippen LogP contribution in [0.25, 0.3) is 0 Å². The van der Waals surface area contributed by atoms with Crippen LogP contribution in [-0.4, -0.2) is 16.8 Å². The molecular weight excluding hydrogens is 272 g/mol. The van der Waals surface area contributed by atoms with E-state index in [2.05, 4.69) is 31.1 Å². The van der Waals surface area contributed by atoms with E-state index in [1.807, 2.05) is 49.4 Å². The van der Waals surface area contributed by atoms with E-state index in [-0.39, 0.29) is 17.2 Å². The second-order valence-electron chi connectivity index (χ2n) is 6.62. The molecule has 2 aromatic rings. The van der Waals surface area contributed by atoms with E-state index in [0.29, 0.717) is 6.54 Å². The third kappa shape index (κ3) is 4.25. The van der Waals surface area contributed by atoms with Crippen LogP contribution >= 0.6 is 0 Å². The van der Waals surface area contributed by atoms with Gasteiger partial charge in [0.25, 0.3) is 0 Å². The van der Waals surface area contributed by atoms with Gasteiger partial charge >= 0.3 is 0 Å². The van der Waals surface area contributed by atoms with Crippen molar-refractivity contribution >= 4 is 5.78 Å². The van der Waals surface area contributed by atoms with Crippen LogP contribution in [0.1, 0.15) is 49.3 Å². The molecule has 1 unspecified atom stereocenters. The van der Waals surface area contributed by atoms with Crippen molar-refractivity contribution in [3.63, 3.8) is 0 Å². The summed E-state index contributed by atoms with van der Waals surface area (Å²) in [6, 6.07) is 13.5. The number of hydrogen-bond acceptors (Lipinski definition) is 3. The van der Waals surface area contributed by atoms with Gasteiger partial charge in [0.1, 0.15) is 0 Å². The zero-order chi connectivity index (χ0) is 16.2. The maximum Gasteiger partial charge on any atom is 0.179 e. The molecule has 1 N–H and O–H groups in total. The Balaban J connectivity index is 1.98. The first-order valence-electron chi connectivity index (χ1n) is 7.66. The number of Topliss-reactive ketones (excluding diaryl/α,β-unsaturated/α-hetero) is 1. The number of ketones is 1. The predicted molar refractivity (Wildman–Crippen MR) is 90.0 cm³/mol. The zero-order valence-electron chi connectivity index (χ0n) is 13.8. The lowest BCUT2D eigenvalue weighted by molar-refractivity contribution is 0.0950. The van der Waals surface area contributed by atoms with Crippen LogP contribution in [0.5, 0.6) is 0 Å². The van der Waals surface area contributed by atoms with Crippen LogP contribution in [0.15, 0.2) is 48.7 Å². The van der Waals surface area contributed by atoms with Gasteiger partial charge in [-0.15, -0.1) is 0 Å². The minimum Gasteiger partial charge on any atom is -0.302 e. The molecule has 116 valence electrons. The van der Waals surface area contributed by atoms with E-state index in [4.69, 9.17) is 0 Å². The maximum atomic E-state index is 12.4. The van der Waals surface area contributed by atoms with Crippen LogP contribution in [0.4, 0.5) is 0 Å². The zero-order valence-corrected chi connectivity index (χ0v) is 13.8. The standard InChI is InChI=1S/C19H24N2O/c1-14(21-13-17-7-5-6-12-20-17)18(22)15-8-10-16(11-9-15)19(2,3)4/h5-12,14,21H,13H2,1-4H3. The lowest BCUT2D eigenvalue weighted by Gasteiger charge is -2.19. The molecule has 1 atom stereocenters. The molecular formula is C19H24N2O. The highest BCUT2D eigenvalue weighted by Crippen LogP contribution is 2.22. The second kappa shape index (κ2) is 6.84. The first kappa shape index (κ1) is 16.4. The summed E-state index contributed by atoms with van der Waals surface area (Å²) in [7, 11) is 0. The van der Waals surface area contributed by atoms with Gasteiger partial charge in [0.2, 0.25) is 0 Å². The Bertz CT molecular complexity index is 612. The first-order chi connectivity index (χ1) is 10.4. The average molecular weight is 296 g/mol. The van der Waals surface area contributed by atoms with E-state index < -0.39 is 0 Å². The Kier molecular flexibility index (Phi) is 5.09. The summed E-state index contributed by atoms with van der Waals surface area (Å²) in [5.74, 6) is 0.108. The number of rotatable bonds is 5. The molecule has 3 nitrogen and oxygen atoms in total. The molecule has 0 radical (unpaired) electrons. The largest absolute Gasteiger partial charge is 0.302 e. The van der Waals surface area contributed by atoms with Crippen LogP contribution in [0, 0.1) is 0 Å². The van der Waals surface area contributed by atoms with E-state index in [1.54, 1.807) is 6.20 Å². The van der Waals surface area contributed by atoms with E-state index in [1.165, 1.54) is 5.56 Å². The summed E-state index contributed by atoms with van der Waals surface area (Å²) in [5, 5.41) is 3.23. The Labute approximate surface area is 132 Å². The van der Waals surface area contributed by atoms with Crippen LogP contribution in [0.2, 0.25) is 0 Å². The molecule has 0 aliphatic carbocycles. The quantitative estimate of drug-likeness (QED) is 0.855. The number of aromatic nitrogens is 1. The summed E-state index contributed by atoms with van der Waals surface area (Å²) >= 11 is 0. The highest BCUT2D eigenvalue weighted by molar-refractivity contribution is 5.99. The van der Waals surface area contributed by atoms with Crippen molar-refractivity contribution in [2.75, 3.05) is 0 Å². The molecule has 2 rings (SSSR count).